The van der Waals surface area contributed by atoms with Gasteiger partial charge in [0.15, 0.2) is 0 Å². The van der Waals surface area contributed by atoms with Crippen LogP contribution in [0.5, 0.6) is 11.5 Å². The third kappa shape index (κ3) is 3.30. The van der Waals surface area contributed by atoms with Crippen LogP contribution in [0.1, 0.15) is 47.8 Å². The van der Waals surface area contributed by atoms with Crippen molar-refractivity contribution in [1.29, 1.82) is 0 Å². The highest BCUT2D eigenvalue weighted by Crippen LogP contribution is 2.47. The largest absolute Gasteiger partial charge is 0.497 e. The van der Waals surface area contributed by atoms with Gasteiger partial charge in [-0.2, -0.15) is 0 Å². The number of carbonyl (C=O) groups is 1. The maximum Gasteiger partial charge on any atom is 0.119 e. The highest BCUT2D eigenvalue weighted by molar-refractivity contribution is 5.49. The molecule has 0 spiro atoms. The molecule has 24 heavy (non-hydrogen) atoms. The van der Waals surface area contributed by atoms with Crippen molar-refractivity contribution in [1.82, 2.24) is 0 Å². The van der Waals surface area contributed by atoms with E-state index in [2.05, 4.69) is 24.3 Å². The lowest BCUT2D eigenvalue weighted by Gasteiger charge is -2.21. The summed E-state index contributed by atoms with van der Waals surface area (Å²) in [5, 5.41) is 0. The fourth-order valence-corrected chi connectivity index (χ4v) is 3.82. The number of rotatable bonds is 7. The Morgan fingerprint density at radius 3 is 2.42 bits per heavy atom. The Kier molecular flexibility index (Phi) is 5.19. The second kappa shape index (κ2) is 7.52. The molecule has 3 nitrogen and oxygen atoms in total. The first-order valence-corrected chi connectivity index (χ1v) is 8.51. The van der Waals surface area contributed by atoms with Crippen molar-refractivity contribution in [3.63, 3.8) is 0 Å². The van der Waals surface area contributed by atoms with Crippen molar-refractivity contribution in [3.8, 4) is 11.5 Å². The zero-order chi connectivity index (χ0) is 16.9. The van der Waals surface area contributed by atoms with Crippen molar-refractivity contribution < 1.29 is 14.3 Å². The lowest BCUT2D eigenvalue weighted by molar-refractivity contribution is -0.107. The van der Waals surface area contributed by atoms with Crippen molar-refractivity contribution in [2.45, 2.75) is 37.5 Å². The summed E-state index contributed by atoms with van der Waals surface area (Å²) in [5.74, 6) is 2.70. The minimum absolute atomic E-state index is 0.449. The average Bonchev–Trinajstić information content (AvgIpc) is 2.99. The molecule has 1 aliphatic rings. The van der Waals surface area contributed by atoms with Crippen LogP contribution >= 0.6 is 0 Å². The minimum atomic E-state index is 0.449. The molecule has 2 aromatic rings. The van der Waals surface area contributed by atoms with Crippen LogP contribution in [0.4, 0.5) is 0 Å². The standard InChI is InChI=1S/C21H24O3/c1-23-17-8-6-15(7-9-17)21-14-16-13-18(24-2)10-11-19(16)20(21)5-3-4-12-22/h6-13,20-21H,3-5,14H2,1-2H3. The van der Waals surface area contributed by atoms with Crippen LogP contribution in [0.3, 0.4) is 0 Å². The van der Waals surface area contributed by atoms with Crippen LogP contribution in [0.15, 0.2) is 42.5 Å². The van der Waals surface area contributed by atoms with Crippen molar-refractivity contribution in [2.75, 3.05) is 14.2 Å². The number of carbonyl (C=O) groups excluding carboxylic acids is 1. The van der Waals surface area contributed by atoms with E-state index in [0.717, 1.165) is 37.0 Å². The Balaban J connectivity index is 1.89. The highest BCUT2D eigenvalue weighted by Gasteiger charge is 2.33. The molecule has 126 valence electrons. The Hall–Kier alpha value is -2.29. The molecule has 2 unspecified atom stereocenters. The number of aldehydes is 1. The van der Waals surface area contributed by atoms with E-state index < -0.39 is 0 Å². The van der Waals surface area contributed by atoms with Gasteiger partial charge in [-0.25, -0.2) is 0 Å². The van der Waals surface area contributed by atoms with Crippen LogP contribution in [0.2, 0.25) is 0 Å². The van der Waals surface area contributed by atoms with E-state index in [1.165, 1.54) is 16.7 Å². The normalized spacial score (nSPS) is 18.9. The lowest BCUT2D eigenvalue weighted by Crippen LogP contribution is -2.06. The second-order valence-electron chi connectivity index (χ2n) is 6.35. The third-order valence-electron chi connectivity index (χ3n) is 5.06. The van der Waals surface area contributed by atoms with Gasteiger partial charge in [-0.05, 0) is 72.1 Å². The van der Waals surface area contributed by atoms with Crippen LogP contribution in [0, 0.1) is 0 Å². The average molecular weight is 324 g/mol. The molecule has 3 heteroatoms. The summed E-state index contributed by atoms with van der Waals surface area (Å²) in [6.07, 6.45) is 4.65. The fraction of sp³-hybridized carbons (Fsp3) is 0.381. The van der Waals surface area contributed by atoms with E-state index in [9.17, 15) is 4.79 Å². The van der Waals surface area contributed by atoms with Gasteiger partial charge in [0, 0.05) is 6.42 Å². The van der Waals surface area contributed by atoms with Gasteiger partial charge in [-0.1, -0.05) is 18.2 Å². The summed E-state index contributed by atoms with van der Waals surface area (Å²) >= 11 is 0. The van der Waals surface area contributed by atoms with Gasteiger partial charge >= 0.3 is 0 Å². The number of ether oxygens (including phenoxy) is 2. The number of hydrogen-bond acceptors (Lipinski definition) is 3. The Morgan fingerprint density at radius 1 is 1.04 bits per heavy atom. The van der Waals surface area contributed by atoms with Crippen LogP contribution in [-0.4, -0.2) is 20.5 Å². The molecule has 2 aromatic carbocycles. The van der Waals surface area contributed by atoms with Gasteiger partial charge in [0.05, 0.1) is 14.2 Å². The second-order valence-corrected chi connectivity index (χ2v) is 6.35. The summed E-state index contributed by atoms with van der Waals surface area (Å²) in [7, 11) is 3.40. The fourth-order valence-electron chi connectivity index (χ4n) is 3.82. The first-order valence-electron chi connectivity index (χ1n) is 8.51. The van der Waals surface area contributed by atoms with E-state index in [4.69, 9.17) is 9.47 Å². The van der Waals surface area contributed by atoms with Gasteiger partial charge in [-0.3, -0.25) is 0 Å². The van der Waals surface area contributed by atoms with Gasteiger partial charge in [0.2, 0.25) is 0 Å². The van der Waals surface area contributed by atoms with Gasteiger partial charge in [0.1, 0.15) is 17.8 Å². The molecular weight excluding hydrogens is 300 g/mol. The number of hydrogen-bond donors (Lipinski definition) is 0. The number of fused-ring (bicyclic) bond motifs is 1. The van der Waals surface area contributed by atoms with Crippen molar-refractivity contribution >= 4 is 6.29 Å². The van der Waals surface area contributed by atoms with E-state index in [0.29, 0.717) is 18.3 Å². The Bertz CT molecular complexity index is 691. The topological polar surface area (TPSA) is 35.5 Å². The minimum Gasteiger partial charge on any atom is -0.497 e. The summed E-state index contributed by atoms with van der Waals surface area (Å²) in [4.78, 5) is 10.7. The van der Waals surface area contributed by atoms with Gasteiger partial charge in [0.25, 0.3) is 0 Å². The molecule has 0 N–H and O–H groups in total. The first-order chi connectivity index (χ1) is 11.8. The maximum atomic E-state index is 10.7. The summed E-state index contributed by atoms with van der Waals surface area (Å²) in [6.45, 7) is 0. The molecule has 0 aromatic heterocycles. The zero-order valence-electron chi connectivity index (χ0n) is 14.3. The third-order valence-corrected chi connectivity index (χ3v) is 5.06. The Morgan fingerprint density at radius 2 is 1.75 bits per heavy atom. The molecule has 3 rings (SSSR count). The van der Waals surface area contributed by atoms with Crippen LogP contribution < -0.4 is 9.47 Å². The van der Waals surface area contributed by atoms with Crippen molar-refractivity contribution in [2.24, 2.45) is 0 Å². The molecule has 0 radical (unpaired) electrons. The summed E-state index contributed by atoms with van der Waals surface area (Å²) in [6, 6.07) is 14.8. The predicted molar refractivity (Wildman–Crippen MR) is 95.1 cm³/mol. The van der Waals surface area contributed by atoms with Crippen LogP contribution in [-0.2, 0) is 11.2 Å². The lowest BCUT2D eigenvalue weighted by atomic mass is 9.83. The van der Waals surface area contributed by atoms with E-state index in [1.54, 1.807) is 14.2 Å². The smallest absolute Gasteiger partial charge is 0.119 e. The quantitative estimate of drug-likeness (QED) is 0.556. The number of benzene rings is 2. The van der Waals surface area contributed by atoms with Gasteiger partial charge < -0.3 is 14.3 Å². The first kappa shape index (κ1) is 16.6. The molecule has 2 atom stereocenters. The van der Waals surface area contributed by atoms with E-state index >= 15 is 0 Å². The molecule has 0 heterocycles. The molecule has 0 bridgehead atoms. The molecular formula is C21H24O3. The monoisotopic (exact) mass is 324 g/mol. The molecule has 0 fully saturated rings. The predicted octanol–water partition coefficient (Wildman–Crippen LogP) is 4.50. The van der Waals surface area contributed by atoms with E-state index in [1.807, 2.05) is 18.2 Å². The van der Waals surface area contributed by atoms with Gasteiger partial charge in [-0.15, -0.1) is 0 Å². The molecule has 0 saturated heterocycles. The SMILES string of the molecule is COc1ccc(C2Cc3cc(OC)ccc3C2CCCC=O)cc1. The van der Waals surface area contributed by atoms with Crippen molar-refractivity contribution in [3.05, 3.63) is 59.2 Å². The van der Waals surface area contributed by atoms with E-state index in [-0.39, 0.29) is 0 Å². The summed E-state index contributed by atoms with van der Waals surface area (Å²) < 4.78 is 10.7. The Labute approximate surface area is 143 Å². The zero-order valence-corrected chi connectivity index (χ0v) is 14.3. The molecule has 0 aliphatic heterocycles. The molecule has 1 aliphatic carbocycles. The number of methoxy groups -OCH3 is 2. The molecule has 0 saturated carbocycles. The molecule has 0 amide bonds. The number of unbranched alkanes of at least 4 members (excludes halogenated alkanes) is 1. The van der Waals surface area contributed by atoms with Crippen LogP contribution in [0.25, 0.3) is 0 Å². The maximum absolute atomic E-state index is 10.7. The summed E-state index contributed by atoms with van der Waals surface area (Å²) in [5.41, 5.74) is 4.11. The highest BCUT2D eigenvalue weighted by atomic mass is 16.5.